The highest BCUT2D eigenvalue weighted by Gasteiger charge is 2.11. The van der Waals surface area contributed by atoms with Crippen molar-refractivity contribution in [2.75, 3.05) is 11.9 Å². The van der Waals surface area contributed by atoms with Crippen molar-refractivity contribution in [1.29, 1.82) is 0 Å². The van der Waals surface area contributed by atoms with Crippen molar-refractivity contribution in [1.82, 2.24) is 15.3 Å². The fraction of sp³-hybridized carbons (Fsp3) is 0.381. The maximum absolute atomic E-state index is 12.4. The van der Waals surface area contributed by atoms with Crippen LogP contribution >= 0.6 is 11.6 Å². The second kappa shape index (κ2) is 9.51. The predicted molar refractivity (Wildman–Crippen MR) is 109 cm³/mol. The van der Waals surface area contributed by atoms with Gasteiger partial charge in [0.15, 0.2) is 0 Å². The molecule has 2 aromatic rings. The summed E-state index contributed by atoms with van der Waals surface area (Å²) >= 11 is 6.18. The van der Waals surface area contributed by atoms with Crippen molar-refractivity contribution in [2.24, 2.45) is 0 Å². The molecule has 0 atom stereocenters. The van der Waals surface area contributed by atoms with Crippen LogP contribution in [0.3, 0.4) is 0 Å². The highest BCUT2D eigenvalue weighted by Crippen LogP contribution is 2.19. The number of aromatic nitrogens is 2. The number of amides is 1. The van der Waals surface area contributed by atoms with Gasteiger partial charge in [-0.05, 0) is 50.7 Å². The van der Waals surface area contributed by atoms with Crippen molar-refractivity contribution in [2.45, 2.75) is 45.6 Å². The van der Waals surface area contributed by atoms with E-state index < -0.39 is 0 Å². The molecule has 1 aliphatic rings. The van der Waals surface area contributed by atoms with Gasteiger partial charge in [-0.15, -0.1) is 0 Å². The highest BCUT2D eigenvalue weighted by molar-refractivity contribution is 6.31. The largest absolute Gasteiger partial charge is 0.366 e. The van der Waals surface area contributed by atoms with Crippen LogP contribution in [-0.2, 0) is 6.54 Å². The lowest BCUT2D eigenvalue weighted by molar-refractivity contribution is 0.0948. The van der Waals surface area contributed by atoms with E-state index in [0.717, 1.165) is 24.8 Å². The molecule has 0 radical (unpaired) electrons. The van der Waals surface area contributed by atoms with Crippen LogP contribution in [0.5, 0.6) is 0 Å². The Kier molecular flexibility index (Phi) is 6.82. The van der Waals surface area contributed by atoms with Crippen LogP contribution in [-0.4, -0.2) is 22.4 Å². The van der Waals surface area contributed by atoms with Gasteiger partial charge < -0.3 is 10.6 Å². The third-order valence-electron chi connectivity index (χ3n) is 4.61. The van der Waals surface area contributed by atoms with Crippen molar-refractivity contribution >= 4 is 23.3 Å². The zero-order valence-corrected chi connectivity index (χ0v) is 16.4. The molecule has 1 aliphatic carbocycles. The minimum Gasteiger partial charge on any atom is -0.366 e. The minimum absolute atomic E-state index is 0.169. The van der Waals surface area contributed by atoms with Crippen molar-refractivity contribution in [3.63, 3.8) is 0 Å². The Bertz CT molecular complexity index is 835. The van der Waals surface area contributed by atoms with Crippen LogP contribution in [0.2, 0.25) is 5.02 Å². The second-order valence-electron chi connectivity index (χ2n) is 6.74. The van der Waals surface area contributed by atoms with E-state index in [1.54, 1.807) is 13.0 Å². The lowest BCUT2D eigenvalue weighted by atomic mass is 9.97. The molecule has 0 bridgehead atoms. The molecule has 0 unspecified atom stereocenters. The van der Waals surface area contributed by atoms with Gasteiger partial charge in [0.25, 0.3) is 5.91 Å². The Morgan fingerprint density at radius 3 is 2.85 bits per heavy atom. The molecule has 0 fully saturated rings. The summed E-state index contributed by atoms with van der Waals surface area (Å²) in [5.41, 5.74) is 2.80. The molecule has 1 aromatic carbocycles. The molecule has 0 saturated carbocycles. The number of nitrogens with zero attached hydrogens (tertiary/aromatic N) is 2. The first-order valence-electron chi connectivity index (χ1n) is 9.41. The Balaban J connectivity index is 1.57. The van der Waals surface area contributed by atoms with Gasteiger partial charge in [-0.25, -0.2) is 9.97 Å². The molecule has 5 nitrogen and oxygen atoms in total. The standard InChI is InChI=1S/C21H25ClN4O/c1-15-25-19(21(27)23-12-11-16-7-3-2-4-8-16)13-20(26-15)24-14-17-9-5-6-10-18(17)22/h5-7,9-10,13H,2-4,8,11-12,14H2,1H3,(H,23,27)(H,24,25,26). The number of allylic oxidation sites excluding steroid dienone is 1. The summed E-state index contributed by atoms with van der Waals surface area (Å²) in [6.07, 6.45) is 8.06. The summed E-state index contributed by atoms with van der Waals surface area (Å²) in [6, 6.07) is 9.32. The van der Waals surface area contributed by atoms with Gasteiger partial charge in [0, 0.05) is 24.2 Å². The molecule has 2 N–H and O–H groups in total. The Labute approximate surface area is 165 Å². The summed E-state index contributed by atoms with van der Waals surface area (Å²) in [6.45, 7) is 2.95. The van der Waals surface area contributed by atoms with Crippen molar-refractivity contribution < 1.29 is 4.79 Å². The van der Waals surface area contributed by atoms with Gasteiger partial charge in [-0.1, -0.05) is 41.4 Å². The van der Waals surface area contributed by atoms with Crippen molar-refractivity contribution in [3.8, 4) is 0 Å². The van der Waals surface area contributed by atoms with Gasteiger partial charge in [0.1, 0.15) is 17.3 Å². The Hall–Kier alpha value is -2.40. The van der Waals surface area contributed by atoms with E-state index >= 15 is 0 Å². The molecule has 3 rings (SSSR count). The summed E-state index contributed by atoms with van der Waals surface area (Å²) in [4.78, 5) is 21.1. The minimum atomic E-state index is -0.169. The SMILES string of the molecule is Cc1nc(NCc2ccccc2Cl)cc(C(=O)NCCC2=CCCCC2)n1. The molecule has 0 aliphatic heterocycles. The van der Waals surface area contributed by atoms with Gasteiger partial charge in [0.05, 0.1) is 0 Å². The summed E-state index contributed by atoms with van der Waals surface area (Å²) < 4.78 is 0. The van der Waals surface area contributed by atoms with Crippen LogP contribution < -0.4 is 10.6 Å². The van der Waals surface area contributed by atoms with E-state index in [-0.39, 0.29) is 5.91 Å². The van der Waals surface area contributed by atoms with E-state index in [9.17, 15) is 4.79 Å². The zero-order valence-electron chi connectivity index (χ0n) is 15.6. The van der Waals surface area contributed by atoms with Crippen LogP contribution in [0.1, 0.15) is 54.0 Å². The topological polar surface area (TPSA) is 66.9 Å². The molecule has 1 amide bonds. The molecule has 0 saturated heterocycles. The second-order valence-corrected chi connectivity index (χ2v) is 7.15. The number of hydrogen-bond donors (Lipinski definition) is 2. The number of anilines is 1. The normalized spacial score (nSPS) is 13.8. The van der Waals surface area contributed by atoms with Crippen LogP contribution in [0.25, 0.3) is 0 Å². The van der Waals surface area contributed by atoms with E-state index in [4.69, 9.17) is 11.6 Å². The molecule has 27 heavy (non-hydrogen) atoms. The number of rotatable bonds is 7. The number of aryl methyl sites for hydroxylation is 1. The monoisotopic (exact) mass is 384 g/mol. The van der Waals surface area contributed by atoms with Gasteiger partial charge in [-0.2, -0.15) is 0 Å². The predicted octanol–water partition coefficient (Wildman–Crippen LogP) is 4.67. The zero-order chi connectivity index (χ0) is 19.1. The van der Waals surface area contributed by atoms with Crippen LogP contribution in [0.4, 0.5) is 5.82 Å². The summed E-state index contributed by atoms with van der Waals surface area (Å²) in [5.74, 6) is 1.000. The van der Waals surface area contributed by atoms with E-state index in [1.807, 2.05) is 24.3 Å². The Morgan fingerprint density at radius 2 is 2.07 bits per heavy atom. The molecular formula is C21H25ClN4O. The number of hydrogen-bond acceptors (Lipinski definition) is 4. The lowest BCUT2D eigenvalue weighted by Gasteiger charge is -2.13. The molecular weight excluding hydrogens is 360 g/mol. The molecule has 1 heterocycles. The fourth-order valence-electron chi connectivity index (χ4n) is 3.16. The first-order chi connectivity index (χ1) is 13.1. The smallest absolute Gasteiger partial charge is 0.270 e. The van der Waals surface area contributed by atoms with Crippen LogP contribution in [0, 0.1) is 6.92 Å². The van der Waals surface area contributed by atoms with Gasteiger partial charge in [-0.3, -0.25) is 4.79 Å². The third kappa shape index (κ3) is 5.79. The molecule has 0 spiro atoms. The number of nitrogens with one attached hydrogen (secondary N) is 2. The first kappa shape index (κ1) is 19.4. The Morgan fingerprint density at radius 1 is 1.22 bits per heavy atom. The van der Waals surface area contributed by atoms with Crippen molar-refractivity contribution in [3.05, 3.63) is 64.1 Å². The molecule has 6 heteroatoms. The first-order valence-corrected chi connectivity index (χ1v) is 9.78. The van der Waals surface area contributed by atoms with E-state index in [2.05, 4.69) is 26.7 Å². The summed E-state index contributed by atoms with van der Waals surface area (Å²) in [7, 11) is 0. The maximum atomic E-state index is 12.4. The van der Waals surface area contributed by atoms with E-state index in [0.29, 0.717) is 35.4 Å². The third-order valence-corrected chi connectivity index (χ3v) is 4.97. The maximum Gasteiger partial charge on any atom is 0.270 e. The lowest BCUT2D eigenvalue weighted by Crippen LogP contribution is -2.26. The number of carbonyl (C=O) groups is 1. The summed E-state index contributed by atoms with van der Waals surface area (Å²) in [5, 5.41) is 6.89. The number of benzene rings is 1. The fourth-order valence-corrected chi connectivity index (χ4v) is 3.36. The number of halogens is 1. The average molecular weight is 385 g/mol. The molecule has 142 valence electrons. The van der Waals surface area contributed by atoms with E-state index in [1.165, 1.54) is 18.4 Å². The van der Waals surface area contributed by atoms with Crippen LogP contribution in [0.15, 0.2) is 42.0 Å². The number of carbonyl (C=O) groups excluding carboxylic acids is 1. The highest BCUT2D eigenvalue weighted by atomic mass is 35.5. The molecule has 1 aromatic heterocycles. The van der Waals surface area contributed by atoms with Gasteiger partial charge >= 0.3 is 0 Å². The average Bonchev–Trinajstić information content (AvgIpc) is 2.68. The van der Waals surface area contributed by atoms with Gasteiger partial charge in [0.2, 0.25) is 0 Å². The quantitative estimate of drug-likeness (QED) is 0.680.